The number of nitrogens with zero attached hydrogens (tertiary/aromatic N) is 2. The molecular weight excluding hydrogens is 436 g/mol. The number of amides is 1. The van der Waals surface area contributed by atoms with E-state index in [1.807, 2.05) is 38.1 Å². The van der Waals surface area contributed by atoms with E-state index in [4.69, 9.17) is 14.0 Å². The van der Waals surface area contributed by atoms with E-state index in [0.717, 1.165) is 30.4 Å². The highest BCUT2D eigenvalue weighted by Crippen LogP contribution is 2.34. The van der Waals surface area contributed by atoms with Gasteiger partial charge in [-0.1, -0.05) is 19.0 Å². The average Bonchev–Trinajstić information content (AvgIpc) is 3.19. The van der Waals surface area contributed by atoms with Crippen molar-refractivity contribution in [2.75, 3.05) is 13.6 Å². The van der Waals surface area contributed by atoms with Crippen molar-refractivity contribution in [3.05, 3.63) is 35.5 Å². The first-order valence-electron chi connectivity index (χ1n) is 12.0. The van der Waals surface area contributed by atoms with Gasteiger partial charge in [0.1, 0.15) is 11.9 Å². The largest absolute Gasteiger partial charge is 0.490 e. The predicted molar refractivity (Wildman–Crippen MR) is 128 cm³/mol. The lowest BCUT2D eigenvalue weighted by Crippen LogP contribution is -2.30. The highest BCUT2D eigenvalue weighted by molar-refractivity contribution is 5.70. The van der Waals surface area contributed by atoms with E-state index in [0.29, 0.717) is 42.5 Å². The van der Waals surface area contributed by atoms with Crippen LogP contribution in [-0.2, 0) is 9.53 Å². The maximum absolute atomic E-state index is 12.5. The summed E-state index contributed by atoms with van der Waals surface area (Å²) in [7, 11) is 1.74. The van der Waals surface area contributed by atoms with Crippen LogP contribution in [0.4, 0.5) is 4.79 Å². The second kappa shape index (κ2) is 11.4. The molecule has 3 atom stereocenters. The Kier molecular flexibility index (Phi) is 8.58. The highest BCUT2D eigenvalue weighted by Gasteiger charge is 2.28. The third-order valence-corrected chi connectivity index (χ3v) is 6.34. The summed E-state index contributed by atoms with van der Waals surface area (Å²) in [6.07, 6.45) is 2.83. The quantitative estimate of drug-likeness (QED) is 0.488. The van der Waals surface area contributed by atoms with Gasteiger partial charge in [0, 0.05) is 19.2 Å². The number of aryl methyl sites for hydroxylation is 1. The summed E-state index contributed by atoms with van der Waals surface area (Å²) in [6.45, 7) is 8.51. The molecule has 1 amide bonds. The van der Waals surface area contributed by atoms with Gasteiger partial charge in [0.15, 0.2) is 5.76 Å². The molecule has 0 radical (unpaired) electrons. The Bertz CT molecular complexity index is 968. The lowest BCUT2D eigenvalue weighted by Gasteiger charge is -2.27. The first kappa shape index (κ1) is 25.6. The minimum absolute atomic E-state index is 0.101. The summed E-state index contributed by atoms with van der Waals surface area (Å²) in [5.74, 6) is 0.647. The van der Waals surface area contributed by atoms with Gasteiger partial charge in [-0.25, -0.2) is 4.79 Å². The van der Waals surface area contributed by atoms with Crippen LogP contribution in [0, 0.1) is 18.8 Å². The Labute approximate surface area is 201 Å². The zero-order valence-corrected chi connectivity index (χ0v) is 20.7. The predicted octanol–water partition coefficient (Wildman–Crippen LogP) is 5.85. The molecule has 1 N–H and O–H groups in total. The molecule has 186 valence electrons. The van der Waals surface area contributed by atoms with Crippen LogP contribution in [0.1, 0.15) is 70.2 Å². The minimum atomic E-state index is -0.752. The van der Waals surface area contributed by atoms with E-state index >= 15 is 0 Å². The number of hydrogen-bond acceptors (Lipinski definition) is 6. The van der Waals surface area contributed by atoms with Crippen LogP contribution in [0.5, 0.6) is 5.75 Å². The fraction of sp³-hybridized carbons (Fsp3) is 0.577. The molecule has 3 rings (SSSR count). The normalized spacial score (nSPS) is 19.0. The number of carbonyl (C=O) groups is 2. The molecule has 1 unspecified atom stereocenters. The smallest absolute Gasteiger partial charge is 0.410 e. The van der Waals surface area contributed by atoms with Crippen molar-refractivity contribution < 1.29 is 28.7 Å². The van der Waals surface area contributed by atoms with Gasteiger partial charge in [-0.15, -0.1) is 0 Å². The number of carboxylic acids is 1. The molecule has 1 aliphatic carbocycles. The van der Waals surface area contributed by atoms with Crippen LogP contribution in [0.25, 0.3) is 11.3 Å². The van der Waals surface area contributed by atoms with Crippen molar-refractivity contribution in [2.45, 2.75) is 72.0 Å². The van der Waals surface area contributed by atoms with E-state index in [-0.39, 0.29) is 18.1 Å². The molecule has 8 heteroatoms. The lowest BCUT2D eigenvalue weighted by atomic mass is 9.87. The Morgan fingerprint density at radius 2 is 1.91 bits per heavy atom. The van der Waals surface area contributed by atoms with Gasteiger partial charge >= 0.3 is 12.1 Å². The van der Waals surface area contributed by atoms with Crippen LogP contribution >= 0.6 is 0 Å². The maximum atomic E-state index is 12.5. The zero-order valence-electron chi connectivity index (χ0n) is 20.7. The molecule has 0 aliphatic heterocycles. The van der Waals surface area contributed by atoms with Gasteiger partial charge in [0.25, 0.3) is 0 Å². The van der Waals surface area contributed by atoms with E-state index in [1.54, 1.807) is 11.9 Å². The van der Waals surface area contributed by atoms with Gasteiger partial charge in [0.2, 0.25) is 0 Å². The van der Waals surface area contributed by atoms with Crippen molar-refractivity contribution in [3.63, 3.8) is 0 Å². The number of carbonyl (C=O) groups excluding carboxylic acids is 1. The van der Waals surface area contributed by atoms with E-state index in [9.17, 15) is 14.7 Å². The number of ether oxygens (including phenoxy) is 2. The molecule has 1 aromatic carbocycles. The number of carboxylic acid groups (broad SMARTS) is 1. The standard InChI is InChI=1S/C26H36N2O6/c1-16(2)13-14-28(5)26(31)32-18(4)23-17(3)27-34-24(23)19-9-11-21(12-10-19)33-22-8-6-7-20(15-22)25(29)30/h9-12,16,18,20,22H,6-8,13-15H2,1-5H3,(H,29,30)/t18?,20-,22-/m0/s1. The molecule has 1 saturated carbocycles. The van der Waals surface area contributed by atoms with Gasteiger partial charge in [-0.05, 0) is 76.1 Å². The number of aliphatic carboxylic acids is 1. The molecule has 0 bridgehead atoms. The van der Waals surface area contributed by atoms with Crippen LogP contribution < -0.4 is 4.74 Å². The van der Waals surface area contributed by atoms with E-state index < -0.39 is 12.1 Å². The molecule has 0 saturated heterocycles. The van der Waals surface area contributed by atoms with Gasteiger partial charge in [-0.2, -0.15) is 0 Å². The number of rotatable bonds is 9. The molecular formula is C26H36N2O6. The SMILES string of the molecule is Cc1noc(-c2ccc(O[C@H]3CCC[C@H](C(=O)O)C3)cc2)c1C(C)OC(=O)N(C)CCC(C)C. The molecule has 2 aromatic rings. The van der Waals surface area contributed by atoms with E-state index in [2.05, 4.69) is 19.0 Å². The molecule has 34 heavy (non-hydrogen) atoms. The first-order chi connectivity index (χ1) is 16.2. The first-order valence-corrected chi connectivity index (χ1v) is 12.0. The third-order valence-electron chi connectivity index (χ3n) is 6.34. The summed E-state index contributed by atoms with van der Waals surface area (Å²) in [6, 6.07) is 7.44. The van der Waals surface area contributed by atoms with Crippen LogP contribution in [0.15, 0.2) is 28.8 Å². The number of benzene rings is 1. The van der Waals surface area contributed by atoms with Crippen molar-refractivity contribution in [2.24, 2.45) is 11.8 Å². The molecule has 1 heterocycles. The van der Waals surface area contributed by atoms with Gasteiger partial charge in [-0.3, -0.25) is 4.79 Å². The Hall–Kier alpha value is -3.03. The van der Waals surface area contributed by atoms with Crippen molar-refractivity contribution in [3.8, 4) is 17.1 Å². The topological polar surface area (TPSA) is 102 Å². The van der Waals surface area contributed by atoms with Crippen LogP contribution in [0.3, 0.4) is 0 Å². The monoisotopic (exact) mass is 472 g/mol. The second-order valence-corrected chi connectivity index (χ2v) is 9.61. The van der Waals surface area contributed by atoms with E-state index in [1.165, 1.54) is 0 Å². The van der Waals surface area contributed by atoms with Gasteiger partial charge in [0.05, 0.1) is 23.3 Å². The average molecular weight is 473 g/mol. The third kappa shape index (κ3) is 6.52. The number of aromatic nitrogens is 1. The summed E-state index contributed by atoms with van der Waals surface area (Å²) < 4.78 is 17.3. The molecule has 1 aliphatic rings. The molecule has 8 nitrogen and oxygen atoms in total. The van der Waals surface area contributed by atoms with Crippen molar-refractivity contribution in [1.82, 2.24) is 10.1 Å². The Morgan fingerprint density at radius 3 is 2.56 bits per heavy atom. The summed E-state index contributed by atoms with van der Waals surface area (Å²) in [4.78, 5) is 25.4. The molecule has 1 aromatic heterocycles. The fourth-order valence-corrected chi connectivity index (χ4v) is 4.26. The maximum Gasteiger partial charge on any atom is 0.410 e. The van der Waals surface area contributed by atoms with Crippen LogP contribution in [0.2, 0.25) is 0 Å². The summed E-state index contributed by atoms with van der Waals surface area (Å²) >= 11 is 0. The summed E-state index contributed by atoms with van der Waals surface area (Å²) in [5.41, 5.74) is 2.20. The van der Waals surface area contributed by atoms with Crippen molar-refractivity contribution >= 4 is 12.1 Å². The lowest BCUT2D eigenvalue weighted by molar-refractivity contribution is -0.143. The molecule has 1 fully saturated rings. The van der Waals surface area contributed by atoms with Crippen LogP contribution in [-0.4, -0.2) is 46.9 Å². The number of hydrogen-bond donors (Lipinski definition) is 1. The Balaban J connectivity index is 1.67. The van der Waals surface area contributed by atoms with Gasteiger partial charge < -0.3 is 24.0 Å². The minimum Gasteiger partial charge on any atom is -0.490 e. The molecule has 0 spiro atoms. The van der Waals surface area contributed by atoms with Crippen molar-refractivity contribution in [1.29, 1.82) is 0 Å². The fourth-order valence-electron chi connectivity index (χ4n) is 4.26. The zero-order chi connectivity index (χ0) is 24.8. The highest BCUT2D eigenvalue weighted by atomic mass is 16.6. The summed E-state index contributed by atoms with van der Waals surface area (Å²) in [5, 5.41) is 13.4. The Morgan fingerprint density at radius 1 is 1.21 bits per heavy atom. The second-order valence-electron chi connectivity index (χ2n) is 9.61.